The predicted octanol–water partition coefficient (Wildman–Crippen LogP) is 3.47. The van der Waals surface area contributed by atoms with E-state index in [0.717, 1.165) is 12.1 Å². The van der Waals surface area contributed by atoms with Crippen molar-refractivity contribution in [1.29, 1.82) is 0 Å². The van der Waals surface area contributed by atoms with Crippen molar-refractivity contribution >= 4 is 12.0 Å². The molecular weight excluding hydrogens is 266 g/mol. The van der Waals surface area contributed by atoms with Gasteiger partial charge in [-0.3, -0.25) is 0 Å². The Kier molecular flexibility index (Phi) is 4.10. The molecule has 0 aliphatic carbocycles. The summed E-state index contributed by atoms with van der Waals surface area (Å²) in [7, 11) is 0. The third-order valence-electron chi connectivity index (χ3n) is 2.44. The molecule has 0 aliphatic rings. The van der Waals surface area contributed by atoms with Gasteiger partial charge in [-0.2, -0.15) is 4.39 Å². The average molecular weight is 276 g/mol. The molecule has 0 saturated heterocycles. The van der Waals surface area contributed by atoms with Gasteiger partial charge in [0.05, 0.1) is 0 Å². The Morgan fingerprint density at radius 1 is 1.05 bits per heavy atom. The first-order valence-electron chi connectivity index (χ1n) is 5.70. The zero-order chi connectivity index (χ0) is 14.5. The molecule has 0 heterocycles. The fourth-order valence-electron chi connectivity index (χ4n) is 1.52. The van der Waals surface area contributed by atoms with Crippen molar-refractivity contribution in [2.45, 2.75) is 0 Å². The molecule has 0 aliphatic heterocycles. The quantitative estimate of drug-likeness (QED) is 0.687. The average Bonchev–Trinajstić information content (AvgIpc) is 2.44. The van der Waals surface area contributed by atoms with Gasteiger partial charge >= 0.3 is 5.97 Å². The molecule has 0 fully saturated rings. The Morgan fingerprint density at radius 2 is 1.75 bits per heavy atom. The minimum atomic E-state index is -1.38. The van der Waals surface area contributed by atoms with Gasteiger partial charge < -0.3 is 9.84 Å². The number of ether oxygens (including phenoxy) is 1. The molecule has 2 rings (SSSR count). The van der Waals surface area contributed by atoms with Gasteiger partial charge in [-0.15, -0.1) is 0 Å². The molecule has 0 radical (unpaired) electrons. The molecule has 3 nitrogen and oxygen atoms in total. The van der Waals surface area contributed by atoms with Gasteiger partial charge in [0.1, 0.15) is 0 Å². The maximum atomic E-state index is 13.4. The minimum absolute atomic E-state index is 0.477. The Hall–Kier alpha value is -2.69. The number of hydrogen-bond acceptors (Lipinski definition) is 2. The van der Waals surface area contributed by atoms with E-state index in [4.69, 9.17) is 9.84 Å². The summed E-state index contributed by atoms with van der Waals surface area (Å²) in [6.45, 7) is 0. The lowest BCUT2D eigenvalue weighted by Crippen LogP contribution is -2.08. The standard InChI is InChI=1S/C15H10F2O3/c16-11-7-4-8-12(14(11)17)20-13(15(18)19)9-10-5-2-1-3-6-10/h1-9H,(H,18,19). The highest BCUT2D eigenvalue weighted by Crippen LogP contribution is 2.22. The second kappa shape index (κ2) is 5.97. The van der Waals surface area contributed by atoms with E-state index in [9.17, 15) is 13.6 Å². The normalized spacial score (nSPS) is 11.2. The highest BCUT2D eigenvalue weighted by atomic mass is 19.2. The summed E-state index contributed by atoms with van der Waals surface area (Å²) in [6, 6.07) is 11.8. The molecular formula is C15H10F2O3. The fourth-order valence-corrected chi connectivity index (χ4v) is 1.52. The van der Waals surface area contributed by atoms with Crippen LogP contribution >= 0.6 is 0 Å². The number of carbonyl (C=O) groups is 1. The maximum absolute atomic E-state index is 13.4. The van der Waals surface area contributed by atoms with E-state index in [-0.39, 0.29) is 0 Å². The highest BCUT2D eigenvalue weighted by Gasteiger charge is 2.15. The lowest BCUT2D eigenvalue weighted by Gasteiger charge is -2.07. The molecule has 1 N–H and O–H groups in total. The summed E-state index contributed by atoms with van der Waals surface area (Å²) in [6.07, 6.45) is 1.23. The van der Waals surface area contributed by atoms with E-state index in [0.29, 0.717) is 5.56 Å². The lowest BCUT2D eigenvalue weighted by molar-refractivity contribution is -0.134. The molecule has 0 spiro atoms. The Balaban J connectivity index is 2.34. The van der Waals surface area contributed by atoms with E-state index in [2.05, 4.69) is 0 Å². The molecule has 0 bridgehead atoms. The van der Waals surface area contributed by atoms with Gasteiger partial charge in [0, 0.05) is 0 Å². The first kappa shape index (κ1) is 13.7. The SMILES string of the molecule is O=C(O)C(=Cc1ccccc1)Oc1cccc(F)c1F. The first-order chi connectivity index (χ1) is 9.58. The molecule has 5 heteroatoms. The summed E-state index contributed by atoms with van der Waals surface area (Å²) in [5.74, 6) is -4.69. The van der Waals surface area contributed by atoms with E-state index in [1.165, 1.54) is 12.1 Å². The summed E-state index contributed by atoms with van der Waals surface area (Å²) in [4.78, 5) is 11.1. The first-order valence-corrected chi connectivity index (χ1v) is 5.70. The molecule has 20 heavy (non-hydrogen) atoms. The molecule has 0 saturated carbocycles. The topological polar surface area (TPSA) is 46.5 Å². The second-order valence-electron chi connectivity index (χ2n) is 3.88. The van der Waals surface area contributed by atoms with Crippen molar-refractivity contribution in [3.05, 3.63) is 71.5 Å². The van der Waals surface area contributed by atoms with Crippen LogP contribution in [0.15, 0.2) is 54.3 Å². The van der Waals surface area contributed by atoms with Gasteiger partial charge in [-0.05, 0) is 23.8 Å². The summed E-state index contributed by atoms with van der Waals surface area (Å²) in [5, 5.41) is 9.05. The number of aliphatic carboxylic acids is 1. The predicted molar refractivity (Wildman–Crippen MR) is 69.0 cm³/mol. The molecule has 0 unspecified atom stereocenters. The van der Waals surface area contributed by atoms with Crippen molar-refractivity contribution in [2.24, 2.45) is 0 Å². The van der Waals surface area contributed by atoms with Crippen molar-refractivity contribution < 1.29 is 23.4 Å². The number of benzene rings is 2. The van der Waals surface area contributed by atoms with Gasteiger partial charge in [0.2, 0.25) is 11.6 Å². The van der Waals surface area contributed by atoms with Crippen LogP contribution in [0.2, 0.25) is 0 Å². The third kappa shape index (κ3) is 3.20. The summed E-state index contributed by atoms with van der Waals surface area (Å²) in [5.41, 5.74) is 0.571. The number of carboxylic acid groups (broad SMARTS) is 1. The van der Waals surface area contributed by atoms with Crippen LogP contribution in [-0.2, 0) is 4.79 Å². The zero-order valence-corrected chi connectivity index (χ0v) is 10.2. The molecule has 0 amide bonds. The van der Waals surface area contributed by atoms with Crippen LogP contribution < -0.4 is 4.74 Å². The van der Waals surface area contributed by atoms with Crippen molar-refractivity contribution in [1.82, 2.24) is 0 Å². The largest absolute Gasteiger partial charge is 0.475 e. The summed E-state index contributed by atoms with van der Waals surface area (Å²) >= 11 is 0. The van der Waals surface area contributed by atoms with Crippen LogP contribution in [0.5, 0.6) is 5.75 Å². The zero-order valence-electron chi connectivity index (χ0n) is 10.2. The molecule has 102 valence electrons. The van der Waals surface area contributed by atoms with Crippen LogP contribution in [-0.4, -0.2) is 11.1 Å². The van der Waals surface area contributed by atoms with Crippen LogP contribution in [0, 0.1) is 11.6 Å². The second-order valence-corrected chi connectivity index (χ2v) is 3.88. The van der Waals surface area contributed by atoms with Crippen molar-refractivity contribution in [2.75, 3.05) is 0 Å². The summed E-state index contributed by atoms with van der Waals surface area (Å²) < 4.78 is 31.4. The Bertz CT molecular complexity index is 651. The molecule has 2 aromatic carbocycles. The maximum Gasteiger partial charge on any atom is 0.371 e. The number of halogens is 2. The van der Waals surface area contributed by atoms with E-state index in [1.54, 1.807) is 30.3 Å². The number of rotatable bonds is 4. The molecule has 2 aromatic rings. The van der Waals surface area contributed by atoms with Gasteiger partial charge in [-0.25, -0.2) is 9.18 Å². The van der Waals surface area contributed by atoms with Crippen LogP contribution in [0.25, 0.3) is 6.08 Å². The Morgan fingerprint density at radius 3 is 2.40 bits per heavy atom. The lowest BCUT2D eigenvalue weighted by atomic mass is 10.2. The van der Waals surface area contributed by atoms with Crippen molar-refractivity contribution in [3.8, 4) is 5.75 Å². The van der Waals surface area contributed by atoms with Gasteiger partial charge in [0.15, 0.2) is 11.6 Å². The van der Waals surface area contributed by atoms with E-state index in [1.807, 2.05) is 0 Å². The number of carboxylic acids is 1. The van der Waals surface area contributed by atoms with E-state index >= 15 is 0 Å². The third-order valence-corrected chi connectivity index (χ3v) is 2.44. The molecule has 0 atom stereocenters. The highest BCUT2D eigenvalue weighted by molar-refractivity contribution is 5.90. The van der Waals surface area contributed by atoms with Gasteiger partial charge in [-0.1, -0.05) is 36.4 Å². The van der Waals surface area contributed by atoms with Gasteiger partial charge in [0.25, 0.3) is 0 Å². The fraction of sp³-hybridized carbons (Fsp3) is 0. The monoisotopic (exact) mass is 276 g/mol. The Labute approximate surface area is 113 Å². The van der Waals surface area contributed by atoms with E-state index < -0.39 is 29.1 Å². The van der Waals surface area contributed by atoms with Crippen molar-refractivity contribution in [3.63, 3.8) is 0 Å². The number of hydrogen-bond donors (Lipinski definition) is 1. The molecule has 0 aromatic heterocycles. The smallest absolute Gasteiger partial charge is 0.371 e. The van der Waals surface area contributed by atoms with Crippen LogP contribution in [0.1, 0.15) is 5.56 Å². The van der Waals surface area contributed by atoms with Crippen LogP contribution in [0.3, 0.4) is 0 Å². The van der Waals surface area contributed by atoms with Crippen LogP contribution in [0.4, 0.5) is 8.78 Å². The minimum Gasteiger partial charge on any atom is -0.475 e.